The molecule has 1 aliphatic heterocycles. The van der Waals surface area contributed by atoms with Gasteiger partial charge in [-0.15, -0.1) is 0 Å². The van der Waals surface area contributed by atoms with Gasteiger partial charge in [-0.2, -0.15) is 0 Å². The number of rotatable bonds is 6. The first kappa shape index (κ1) is 22.8. The molecule has 162 valence electrons. The fraction of sp³-hybridized carbons (Fsp3) is 0.350. The minimum Gasteiger partial charge on any atom is -0.495 e. The number of piperidine rings is 1. The number of methoxy groups -OCH3 is 1. The number of carbonyl (C=O) groups is 1. The number of halogens is 3. The minimum absolute atomic E-state index is 0.0459. The SMILES string of the molecule is COc1ccc(NC(=O)C2CCN(S(=O)(=O)Cc3c(F)cccc3Cl)CC2)cc1Cl. The highest BCUT2D eigenvalue weighted by Crippen LogP contribution is 2.29. The van der Waals surface area contributed by atoms with Gasteiger partial charge in [-0.25, -0.2) is 17.1 Å². The monoisotopic (exact) mass is 474 g/mol. The predicted molar refractivity (Wildman–Crippen MR) is 115 cm³/mol. The molecule has 1 N–H and O–H groups in total. The summed E-state index contributed by atoms with van der Waals surface area (Å²) in [5, 5.41) is 3.25. The van der Waals surface area contributed by atoms with E-state index in [-0.39, 0.29) is 35.5 Å². The van der Waals surface area contributed by atoms with E-state index in [9.17, 15) is 17.6 Å². The van der Waals surface area contributed by atoms with Gasteiger partial charge in [0.05, 0.1) is 17.9 Å². The molecule has 2 aromatic rings. The Morgan fingerprint density at radius 3 is 2.50 bits per heavy atom. The molecular formula is C20H21Cl2FN2O4S. The van der Waals surface area contributed by atoms with Crippen LogP contribution >= 0.6 is 23.2 Å². The zero-order valence-corrected chi connectivity index (χ0v) is 18.5. The molecule has 0 aliphatic carbocycles. The fourth-order valence-corrected chi connectivity index (χ4v) is 5.50. The molecule has 2 aromatic carbocycles. The number of sulfonamides is 1. The van der Waals surface area contributed by atoms with Crippen LogP contribution in [0.2, 0.25) is 10.0 Å². The largest absolute Gasteiger partial charge is 0.495 e. The second kappa shape index (κ2) is 9.51. The topological polar surface area (TPSA) is 75.7 Å². The first-order chi connectivity index (χ1) is 14.2. The average molecular weight is 475 g/mol. The standard InChI is InChI=1S/C20H21Cl2FN2O4S/c1-29-19-6-5-14(11-17(19)22)24-20(26)13-7-9-25(10-8-13)30(27,28)12-15-16(21)3-2-4-18(15)23/h2-6,11,13H,7-10,12H2,1H3,(H,24,26). The van der Waals surface area contributed by atoms with Crippen molar-refractivity contribution in [3.8, 4) is 5.75 Å². The van der Waals surface area contributed by atoms with E-state index in [4.69, 9.17) is 27.9 Å². The maximum atomic E-state index is 14.0. The fourth-order valence-electron chi connectivity index (χ4n) is 3.33. The molecule has 6 nitrogen and oxygen atoms in total. The summed E-state index contributed by atoms with van der Waals surface area (Å²) in [5.41, 5.74) is 0.491. The van der Waals surface area contributed by atoms with Crippen LogP contribution in [0.5, 0.6) is 5.75 Å². The lowest BCUT2D eigenvalue weighted by molar-refractivity contribution is -0.120. The number of nitrogens with zero attached hydrogens (tertiary/aromatic N) is 1. The third-order valence-corrected chi connectivity index (χ3v) is 7.48. The quantitative estimate of drug-likeness (QED) is 0.676. The summed E-state index contributed by atoms with van der Waals surface area (Å²) in [4.78, 5) is 12.5. The zero-order valence-electron chi connectivity index (χ0n) is 16.2. The van der Waals surface area contributed by atoms with Gasteiger partial charge in [0.1, 0.15) is 11.6 Å². The number of amides is 1. The Labute approximate surface area is 185 Å². The summed E-state index contributed by atoms with van der Waals surface area (Å²) in [6, 6.07) is 8.99. The molecule has 3 rings (SSSR count). The molecule has 0 radical (unpaired) electrons. The number of carbonyl (C=O) groups excluding carboxylic acids is 1. The zero-order chi connectivity index (χ0) is 21.9. The number of hydrogen-bond donors (Lipinski definition) is 1. The molecule has 0 bridgehead atoms. The molecular weight excluding hydrogens is 454 g/mol. The Morgan fingerprint density at radius 2 is 1.90 bits per heavy atom. The van der Waals surface area contributed by atoms with Crippen molar-refractivity contribution in [1.82, 2.24) is 4.31 Å². The first-order valence-electron chi connectivity index (χ1n) is 9.26. The Hall–Kier alpha value is -1.87. The molecule has 1 heterocycles. The van der Waals surface area contributed by atoms with Gasteiger partial charge in [0.25, 0.3) is 0 Å². The highest BCUT2D eigenvalue weighted by atomic mass is 35.5. The van der Waals surface area contributed by atoms with Gasteiger partial charge in [0, 0.05) is 35.3 Å². The molecule has 1 fully saturated rings. The van der Waals surface area contributed by atoms with Gasteiger partial charge >= 0.3 is 0 Å². The summed E-state index contributed by atoms with van der Waals surface area (Å²) in [6.45, 7) is 0.353. The maximum absolute atomic E-state index is 14.0. The summed E-state index contributed by atoms with van der Waals surface area (Å²) in [7, 11) is -2.26. The van der Waals surface area contributed by atoms with Gasteiger partial charge in [0.2, 0.25) is 15.9 Å². The van der Waals surface area contributed by atoms with Crippen LogP contribution < -0.4 is 10.1 Å². The van der Waals surface area contributed by atoms with Crippen molar-refractivity contribution < 1.29 is 22.3 Å². The van der Waals surface area contributed by atoms with E-state index in [0.717, 1.165) is 0 Å². The second-order valence-electron chi connectivity index (χ2n) is 6.97. The Morgan fingerprint density at radius 1 is 1.20 bits per heavy atom. The van der Waals surface area contributed by atoms with Crippen molar-refractivity contribution in [3.63, 3.8) is 0 Å². The predicted octanol–water partition coefficient (Wildman–Crippen LogP) is 4.32. The molecule has 0 aromatic heterocycles. The summed E-state index contributed by atoms with van der Waals surface area (Å²) in [6.07, 6.45) is 0.722. The van der Waals surface area contributed by atoms with E-state index in [1.165, 1.54) is 29.6 Å². The average Bonchev–Trinajstić information content (AvgIpc) is 2.71. The molecule has 1 aliphatic rings. The first-order valence-corrected chi connectivity index (χ1v) is 11.6. The molecule has 10 heteroatoms. The van der Waals surface area contributed by atoms with E-state index in [1.54, 1.807) is 18.2 Å². The summed E-state index contributed by atoms with van der Waals surface area (Å²) >= 11 is 12.0. The van der Waals surface area contributed by atoms with Crippen molar-refractivity contribution in [2.75, 3.05) is 25.5 Å². The highest BCUT2D eigenvalue weighted by Gasteiger charge is 2.32. The van der Waals surface area contributed by atoms with Gasteiger partial charge in [-0.3, -0.25) is 4.79 Å². The third kappa shape index (κ3) is 5.24. The van der Waals surface area contributed by atoms with Crippen LogP contribution in [0.25, 0.3) is 0 Å². The van der Waals surface area contributed by atoms with Crippen molar-refractivity contribution >= 4 is 44.8 Å². The smallest absolute Gasteiger partial charge is 0.227 e. The van der Waals surface area contributed by atoms with Crippen molar-refractivity contribution in [2.24, 2.45) is 5.92 Å². The Bertz CT molecular complexity index is 1020. The van der Waals surface area contributed by atoms with Gasteiger partial charge in [0.15, 0.2) is 0 Å². The second-order valence-corrected chi connectivity index (χ2v) is 9.75. The van der Waals surface area contributed by atoms with Gasteiger partial charge < -0.3 is 10.1 Å². The number of hydrogen-bond acceptors (Lipinski definition) is 4. The summed E-state index contributed by atoms with van der Waals surface area (Å²) in [5.74, 6) is -1.21. The minimum atomic E-state index is -3.76. The van der Waals surface area contributed by atoms with E-state index in [1.807, 2.05) is 0 Å². The number of anilines is 1. The molecule has 1 amide bonds. The van der Waals surface area contributed by atoms with E-state index in [2.05, 4.69) is 5.32 Å². The van der Waals surface area contributed by atoms with E-state index in [0.29, 0.717) is 29.3 Å². The maximum Gasteiger partial charge on any atom is 0.227 e. The van der Waals surface area contributed by atoms with E-state index < -0.39 is 21.6 Å². The molecule has 1 saturated heterocycles. The molecule has 0 saturated carbocycles. The lowest BCUT2D eigenvalue weighted by Gasteiger charge is -2.30. The van der Waals surface area contributed by atoms with Crippen LogP contribution in [-0.2, 0) is 20.6 Å². The van der Waals surface area contributed by atoms with Crippen LogP contribution in [0.15, 0.2) is 36.4 Å². The van der Waals surface area contributed by atoms with Gasteiger partial charge in [-0.1, -0.05) is 29.3 Å². The van der Waals surface area contributed by atoms with Crippen LogP contribution in [0.1, 0.15) is 18.4 Å². The highest BCUT2D eigenvalue weighted by molar-refractivity contribution is 7.88. The van der Waals surface area contributed by atoms with Crippen LogP contribution in [0, 0.1) is 11.7 Å². The van der Waals surface area contributed by atoms with Crippen molar-refractivity contribution in [2.45, 2.75) is 18.6 Å². The summed E-state index contributed by atoms with van der Waals surface area (Å²) < 4.78 is 45.7. The molecule has 0 unspecified atom stereocenters. The van der Waals surface area contributed by atoms with Crippen LogP contribution in [0.3, 0.4) is 0 Å². The molecule has 30 heavy (non-hydrogen) atoms. The Balaban J connectivity index is 1.59. The number of nitrogens with one attached hydrogen (secondary N) is 1. The lowest BCUT2D eigenvalue weighted by Crippen LogP contribution is -2.42. The van der Waals surface area contributed by atoms with Crippen LogP contribution in [-0.4, -0.2) is 38.8 Å². The Kier molecular flexibility index (Phi) is 7.23. The van der Waals surface area contributed by atoms with Gasteiger partial charge in [-0.05, 0) is 43.2 Å². The third-order valence-electron chi connectivity index (χ3n) is 5.03. The number of ether oxygens (including phenoxy) is 1. The molecule has 0 atom stereocenters. The van der Waals surface area contributed by atoms with Crippen molar-refractivity contribution in [1.29, 1.82) is 0 Å². The normalized spacial score (nSPS) is 15.7. The van der Waals surface area contributed by atoms with Crippen molar-refractivity contribution in [3.05, 3.63) is 57.8 Å². The molecule has 0 spiro atoms. The van der Waals surface area contributed by atoms with E-state index >= 15 is 0 Å². The lowest BCUT2D eigenvalue weighted by atomic mass is 9.97. The van der Waals surface area contributed by atoms with Crippen LogP contribution in [0.4, 0.5) is 10.1 Å². The number of benzene rings is 2.